The number of aromatic nitrogens is 2. The van der Waals surface area contributed by atoms with E-state index in [1.807, 2.05) is 18.5 Å². The van der Waals surface area contributed by atoms with Crippen molar-refractivity contribution < 1.29 is 0 Å². The number of guanidine groups is 1. The van der Waals surface area contributed by atoms with E-state index in [1.54, 1.807) is 0 Å². The molecule has 0 saturated carbocycles. The van der Waals surface area contributed by atoms with Gasteiger partial charge in [-0.25, -0.2) is 4.98 Å². The zero-order chi connectivity index (χ0) is 12.4. The minimum atomic E-state index is 0.846. The smallest absolute Gasteiger partial charge is 0.195 e. The quantitative estimate of drug-likeness (QED) is 0.864. The van der Waals surface area contributed by atoms with Crippen molar-refractivity contribution in [2.45, 2.75) is 19.9 Å². The summed E-state index contributed by atoms with van der Waals surface area (Å²) in [4.78, 5) is 8.73. The first-order chi connectivity index (χ1) is 8.86. The third-order valence-corrected chi connectivity index (χ3v) is 3.02. The molecule has 5 heteroatoms. The Kier molecular flexibility index (Phi) is 2.88. The third kappa shape index (κ3) is 2.03. The Labute approximate surface area is 106 Å². The van der Waals surface area contributed by atoms with E-state index in [0.29, 0.717) is 0 Å². The number of fused-ring (bicyclic) bond motifs is 1. The van der Waals surface area contributed by atoms with Crippen LogP contribution >= 0.6 is 0 Å². The van der Waals surface area contributed by atoms with Crippen LogP contribution in [0.4, 0.5) is 5.69 Å². The third-order valence-electron chi connectivity index (χ3n) is 3.02. The van der Waals surface area contributed by atoms with Crippen molar-refractivity contribution in [2.24, 2.45) is 4.99 Å². The molecule has 1 aromatic carbocycles. The van der Waals surface area contributed by atoms with E-state index < -0.39 is 0 Å². The van der Waals surface area contributed by atoms with Crippen molar-refractivity contribution in [2.75, 3.05) is 18.4 Å². The standard InChI is InChI=1S/C13H17N5/c1-2-7-18-9-16-11-4-3-10(8-12(11)18)17-13-14-5-6-15-13/h3-4,8-9H,2,5-7H2,1H3,(H2,14,15,17). The van der Waals surface area contributed by atoms with Crippen LogP contribution in [-0.2, 0) is 6.54 Å². The van der Waals surface area contributed by atoms with Gasteiger partial charge in [-0.05, 0) is 24.6 Å². The summed E-state index contributed by atoms with van der Waals surface area (Å²) < 4.78 is 2.18. The van der Waals surface area contributed by atoms with Gasteiger partial charge in [0.25, 0.3) is 0 Å². The molecule has 1 aromatic heterocycles. The summed E-state index contributed by atoms with van der Waals surface area (Å²) in [7, 11) is 0. The highest BCUT2D eigenvalue weighted by Crippen LogP contribution is 2.18. The van der Waals surface area contributed by atoms with Gasteiger partial charge in [0.2, 0.25) is 0 Å². The van der Waals surface area contributed by atoms with E-state index in [1.165, 1.54) is 5.52 Å². The van der Waals surface area contributed by atoms with Crippen molar-refractivity contribution in [3.8, 4) is 0 Å². The molecular formula is C13H17N5. The van der Waals surface area contributed by atoms with Gasteiger partial charge >= 0.3 is 0 Å². The number of aryl methyl sites for hydroxylation is 1. The van der Waals surface area contributed by atoms with Crippen molar-refractivity contribution in [1.82, 2.24) is 14.9 Å². The minimum Gasteiger partial charge on any atom is -0.354 e. The minimum absolute atomic E-state index is 0.846. The molecule has 94 valence electrons. The normalized spacial score (nSPS) is 14.6. The molecule has 2 aromatic rings. The second-order valence-corrected chi connectivity index (χ2v) is 4.42. The first-order valence-corrected chi connectivity index (χ1v) is 6.37. The van der Waals surface area contributed by atoms with Gasteiger partial charge in [0, 0.05) is 18.8 Å². The van der Waals surface area contributed by atoms with Crippen molar-refractivity contribution in [3.05, 3.63) is 24.5 Å². The molecule has 5 nitrogen and oxygen atoms in total. The Balaban J connectivity index is 1.90. The predicted octanol–water partition coefficient (Wildman–Crippen LogP) is 1.82. The van der Waals surface area contributed by atoms with Crippen molar-refractivity contribution in [1.29, 1.82) is 0 Å². The Hall–Kier alpha value is -2.04. The molecule has 0 bridgehead atoms. The van der Waals surface area contributed by atoms with Crippen LogP contribution in [-0.4, -0.2) is 28.6 Å². The number of rotatable bonds is 3. The number of hydrogen-bond donors (Lipinski definition) is 2. The highest BCUT2D eigenvalue weighted by Gasteiger charge is 2.07. The number of hydrogen-bond acceptors (Lipinski definition) is 4. The molecule has 3 rings (SSSR count). The zero-order valence-corrected chi connectivity index (χ0v) is 10.5. The van der Waals surface area contributed by atoms with Gasteiger partial charge in [-0.3, -0.25) is 4.99 Å². The van der Waals surface area contributed by atoms with Crippen LogP contribution in [0.2, 0.25) is 0 Å². The lowest BCUT2D eigenvalue weighted by Crippen LogP contribution is -2.26. The maximum Gasteiger partial charge on any atom is 0.195 e. The summed E-state index contributed by atoms with van der Waals surface area (Å²) >= 11 is 0. The van der Waals surface area contributed by atoms with Crippen LogP contribution in [0.3, 0.4) is 0 Å². The van der Waals surface area contributed by atoms with Crippen molar-refractivity contribution >= 4 is 22.7 Å². The second kappa shape index (κ2) is 4.68. The highest BCUT2D eigenvalue weighted by molar-refractivity contribution is 5.96. The number of anilines is 1. The average molecular weight is 243 g/mol. The molecule has 1 aliphatic heterocycles. The first-order valence-electron chi connectivity index (χ1n) is 6.37. The van der Waals surface area contributed by atoms with E-state index in [-0.39, 0.29) is 0 Å². The fraction of sp³-hybridized carbons (Fsp3) is 0.385. The fourth-order valence-electron chi connectivity index (χ4n) is 2.17. The SMILES string of the molecule is CCCn1cnc2ccc(NC3=NCCN3)cc21. The van der Waals surface area contributed by atoms with Crippen LogP contribution in [0.25, 0.3) is 11.0 Å². The molecule has 0 saturated heterocycles. The highest BCUT2D eigenvalue weighted by atomic mass is 15.2. The lowest BCUT2D eigenvalue weighted by molar-refractivity contribution is 0.697. The molecule has 0 amide bonds. The Bertz CT molecular complexity index is 584. The molecule has 2 heterocycles. The zero-order valence-electron chi connectivity index (χ0n) is 10.5. The molecule has 18 heavy (non-hydrogen) atoms. The van der Waals surface area contributed by atoms with Gasteiger partial charge in [-0.2, -0.15) is 0 Å². The Morgan fingerprint density at radius 2 is 2.39 bits per heavy atom. The van der Waals surface area contributed by atoms with Crippen LogP contribution in [0.5, 0.6) is 0 Å². The Morgan fingerprint density at radius 3 is 3.17 bits per heavy atom. The molecule has 0 unspecified atom stereocenters. The van der Waals surface area contributed by atoms with Crippen LogP contribution in [0, 0.1) is 0 Å². The lowest BCUT2D eigenvalue weighted by atomic mass is 10.2. The summed E-state index contributed by atoms with van der Waals surface area (Å²) in [6, 6.07) is 6.20. The van der Waals surface area contributed by atoms with E-state index >= 15 is 0 Å². The second-order valence-electron chi connectivity index (χ2n) is 4.42. The summed E-state index contributed by atoms with van der Waals surface area (Å²) in [6.45, 7) is 4.93. The van der Waals surface area contributed by atoms with E-state index in [0.717, 1.165) is 43.2 Å². The summed E-state index contributed by atoms with van der Waals surface area (Å²) in [6.07, 6.45) is 3.01. The van der Waals surface area contributed by atoms with Gasteiger partial charge in [0.15, 0.2) is 5.96 Å². The summed E-state index contributed by atoms with van der Waals surface area (Å²) in [5.41, 5.74) is 3.25. The van der Waals surface area contributed by atoms with E-state index in [2.05, 4.69) is 38.2 Å². The van der Waals surface area contributed by atoms with Gasteiger partial charge in [0.1, 0.15) is 0 Å². The first kappa shape index (κ1) is 11.1. The van der Waals surface area contributed by atoms with E-state index in [4.69, 9.17) is 0 Å². The monoisotopic (exact) mass is 243 g/mol. The number of aliphatic imine (C=N–C) groups is 1. The maximum absolute atomic E-state index is 4.40. The number of imidazole rings is 1. The van der Waals surface area contributed by atoms with Crippen molar-refractivity contribution in [3.63, 3.8) is 0 Å². The van der Waals surface area contributed by atoms with Gasteiger partial charge in [-0.15, -0.1) is 0 Å². The largest absolute Gasteiger partial charge is 0.354 e. The number of nitrogens with one attached hydrogen (secondary N) is 2. The van der Waals surface area contributed by atoms with E-state index in [9.17, 15) is 0 Å². The van der Waals surface area contributed by atoms with Crippen LogP contribution < -0.4 is 10.6 Å². The Morgan fingerprint density at radius 1 is 1.44 bits per heavy atom. The number of benzene rings is 1. The average Bonchev–Trinajstić information content (AvgIpc) is 3.00. The molecule has 0 radical (unpaired) electrons. The molecule has 0 atom stereocenters. The molecule has 0 fully saturated rings. The van der Waals surface area contributed by atoms with Crippen LogP contribution in [0.15, 0.2) is 29.5 Å². The number of nitrogens with zero attached hydrogens (tertiary/aromatic N) is 3. The van der Waals surface area contributed by atoms with Gasteiger partial charge in [0.05, 0.1) is 23.9 Å². The van der Waals surface area contributed by atoms with Crippen LogP contribution in [0.1, 0.15) is 13.3 Å². The summed E-state index contributed by atoms with van der Waals surface area (Å²) in [5, 5.41) is 6.49. The molecule has 0 spiro atoms. The topological polar surface area (TPSA) is 54.2 Å². The maximum atomic E-state index is 4.40. The summed E-state index contributed by atoms with van der Waals surface area (Å²) in [5.74, 6) is 0.857. The molecule has 1 aliphatic rings. The predicted molar refractivity (Wildman–Crippen MR) is 74.0 cm³/mol. The lowest BCUT2D eigenvalue weighted by Gasteiger charge is -2.07. The molecular weight excluding hydrogens is 226 g/mol. The molecule has 2 N–H and O–H groups in total. The van der Waals surface area contributed by atoms with Gasteiger partial charge in [-0.1, -0.05) is 6.92 Å². The molecule has 0 aliphatic carbocycles. The fourth-order valence-corrected chi connectivity index (χ4v) is 2.17. The van der Waals surface area contributed by atoms with Gasteiger partial charge < -0.3 is 15.2 Å².